The predicted octanol–water partition coefficient (Wildman–Crippen LogP) is 1.39. The Morgan fingerprint density at radius 2 is 1.67 bits per heavy atom. The molecule has 0 spiro atoms. The molecule has 0 aromatic heterocycles. The summed E-state index contributed by atoms with van der Waals surface area (Å²) in [5, 5.41) is 0. The Kier molecular flexibility index (Phi) is 9.06. The van der Waals surface area contributed by atoms with Crippen molar-refractivity contribution >= 4 is 0 Å². The van der Waals surface area contributed by atoms with Crippen LogP contribution in [0, 0.1) is 0 Å². The Bertz CT molecular complexity index is 129. The summed E-state index contributed by atoms with van der Waals surface area (Å²) >= 11 is 0. The van der Waals surface area contributed by atoms with Crippen LogP contribution in [0.5, 0.6) is 0 Å². The number of nitrogens with zero attached hydrogens (tertiary/aromatic N) is 2. The van der Waals surface area contributed by atoms with Crippen molar-refractivity contribution in [2.24, 2.45) is 5.73 Å². The third-order valence-corrected chi connectivity index (χ3v) is 2.73. The molecule has 1 aliphatic rings. The van der Waals surface area contributed by atoms with Gasteiger partial charge in [-0.05, 0) is 40.0 Å². The van der Waals surface area contributed by atoms with Gasteiger partial charge in [-0.1, -0.05) is 20.3 Å². The van der Waals surface area contributed by atoms with Gasteiger partial charge in [-0.15, -0.1) is 0 Å². The third-order valence-electron chi connectivity index (χ3n) is 2.73. The summed E-state index contributed by atoms with van der Waals surface area (Å²) in [4.78, 5) is 4.79. The zero-order chi connectivity index (χ0) is 11.7. The maximum absolute atomic E-state index is 5.50. The minimum Gasteiger partial charge on any atom is -0.329 e. The molecule has 0 aliphatic carbocycles. The van der Waals surface area contributed by atoms with E-state index in [0.29, 0.717) is 0 Å². The van der Waals surface area contributed by atoms with Crippen molar-refractivity contribution in [3.05, 3.63) is 0 Å². The second kappa shape index (κ2) is 9.13. The van der Waals surface area contributed by atoms with E-state index in [1.807, 2.05) is 0 Å². The first-order chi connectivity index (χ1) is 7.15. The highest BCUT2D eigenvalue weighted by molar-refractivity contribution is 4.76. The Labute approximate surface area is 95.6 Å². The summed E-state index contributed by atoms with van der Waals surface area (Å²) in [5.41, 5.74) is 5.50. The highest BCUT2D eigenvalue weighted by Crippen LogP contribution is 2.13. The molecule has 0 bridgehead atoms. The van der Waals surface area contributed by atoms with Crippen LogP contribution in [0.15, 0.2) is 0 Å². The van der Waals surface area contributed by atoms with Gasteiger partial charge in [0.25, 0.3) is 0 Å². The quantitative estimate of drug-likeness (QED) is 0.772. The lowest BCUT2D eigenvalue weighted by Gasteiger charge is -2.34. The molecule has 1 fully saturated rings. The van der Waals surface area contributed by atoms with Gasteiger partial charge >= 0.3 is 0 Å². The van der Waals surface area contributed by atoms with Crippen molar-refractivity contribution < 1.29 is 0 Å². The van der Waals surface area contributed by atoms with Crippen LogP contribution in [-0.4, -0.2) is 56.1 Å². The van der Waals surface area contributed by atoms with Crippen molar-refractivity contribution in [3.63, 3.8) is 0 Å². The van der Waals surface area contributed by atoms with Gasteiger partial charge in [0.05, 0.1) is 0 Å². The maximum Gasteiger partial charge on any atom is 0.0113 e. The van der Waals surface area contributed by atoms with Gasteiger partial charge in [0.1, 0.15) is 0 Å². The van der Waals surface area contributed by atoms with Crippen molar-refractivity contribution in [1.29, 1.82) is 0 Å². The Morgan fingerprint density at radius 1 is 1.20 bits per heavy atom. The molecule has 0 radical (unpaired) electrons. The second-order valence-electron chi connectivity index (χ2n) is 4.53. The van der Waals surface area contributed by atoms with Gasteiger partial charge in [0.2, 0.25) is 0 Å². The zero-order valence-corrected chi connectivity index (χ0v) is 11.0. The molecule has 0 unspecified atom stereocenters. The standard InChI is InChI=1S/C9H21N3.C3H8/c1-11(2)9-3-6-12(7-4-9)8-5-10;1-3-2/h9H,3-8,10H2,1-2H3;3H2,1-2H3. The van der Waals surface area contributed by atoms with E-state index in [1.54, 1.807) is 0 Å². The lowest BCUT2D eigenvalue weighted by molar-refractivity contribution is 0.148. The molecular formula is C12H29N3. The maximum atomic E-state index is 5.50. The molecule has 0 atom stereocenters. The zero-order valence-electron chi connectivity index (χ0n) is 11.0. The van der Waals surface area contributed by atoms with Crippen LogP contribution in [-0.2, 0) is 0 Å². The van der Waals surface area contributed by atoms with Crippen molar-refractivity contribution in [2.45, 2.75) is 39.2 Å². The van der Waals surface area contributed by atoms with Gasteiger partial charge in [-0.3, -0.25) is 0 Å². The number of likely N-dealkylation sites (tertiary alicyclic amines) is 1. The van der Waals surface area contributed by atoms with Gasteiger partial charge in [-0.25, -0.2) is 0 Å². The van der Waals surface area contributed by atoms with Gasteiger partial charge < -0.3 is 15.5 Å². The average Bonchev–Trinajstić information content (AvgIpc) is 2.20. The van der Waals surface area contributed by atoms with Crippen LogP contribution >= 0.6 is 0 Å². The summed E-state index contributed by atoms with van der Waals surface area (Å²) in [5.74, 6) is 0. The fraction of sp³-hybridized carbons (Fsp3) is 1.00. The van der Waals surface area contributed by atoms with Crippen LogP contribution in [0.1, 0.15) is 33.1 Å². The highest BCUT2D eigenvalue weighted by atomic mass is 15.2. The lowest BCUT2D eigenvalue weighted by atomic mass is 10.0. The minimum atomic E-state index is 0.791. The Morgan fingerprint density at radius 3 is 2.00 bits per heavy atom. The fourth-order valence-corrected chi connectivity index (χ4v) is 1.84. The van der Waals surface area contributed by atoms with Crippen LogP contribution in [0.25, 0.3) is 0 Å². The van der Waals surface area contributed by atoms with E-state index in [4.69, 9.17) is 5.73 Å². The Hall–Kier alpha value is -0.120. The van der Waals surface area contributed by atoms with Crippen LogP contribution < -0.4 is 5.73 Å². The van der Waals surface area contributed by atoms with Gasteiger partial charge in [0, 0.05) is 19.1 Å². The van der Waals surface area contributed by atoms with E-state index in [9.17, 15) is 0 Å². The first-order valence-corrected chi connectivity index (χ1v) is 6.24. The molecule has 1 aliphatic heterocycles. The number of hydrogen-bond donors (Lipinski definition) is 1. The van der Waals surface area contributed by atoms with Crippen molar-refractivity contribution in [2.75, 3.05) is 40.3 Å². The van der Waals surface area contributed by atoms with Crippen molar-refractivity contribution in [3.8, 4) is 0 Å². The lowest BCUT2D eigenvalue weighted by Crippen LogP contribution is -2.43. The molecule has 3 heteroatoms. The molecule has 0 saturated carbocycles. The molecule has 2 N–H and O–H groups in total. The molecule has 0 aromatic carbocycles. The average molecular weight is 215 g/mol. The molecule has 3 nitrogen and oxygen atoms in total. The summed E-state index contributed by atoms with van der Waals surface area (Å²) in [7, 11) is 4.34. The largest absolute Gasteiger partial charge is 0.329 e. The SMILES string of the molecule is CCC.CN(C)C1CCN(CCN)CC1. The first-order valence-electron chi connectivity index (χ1n) is 6.24. The van der Waals surface area contributed by atoms with Crippen molar-refractivity contribution in [1.82, 2.24) is 9.80 Å². The molecule has 0 aromatic rings. The molecule has 1 rings (SSSR count). The van der Waals surface area contributed by atoms with Crippen LogP contribution in [0.4, 0.5) is 0 Å². The van der Waals surface area contributed by atoms with E-state index in [-0.39, 0.29) is 0 Å². The topological polar surface area (TPSA) is 32.5 Å². The summed E-state index contributed by atoms with van der Waals surface area (Å²) < 4.78 is 0. The van der Waals surface area contributed by atoms with Crippen LogP contribution in [0.2, 0.25) is 0 Å². The molecular weight excluding hydrogens is 186 g/mol. The molecule has 1 heterocycles. The molecule has 1 saturated heterocycles. The third kappa shape index (κ3) is 6.88. The number of rotatable bonds is 3. The highest BCUT2D eigenvalue weighted by Gasteiger charge is 2.19. The molecule has 15 heavy (non-hydrogen) atoms. The predicted molar refractivity (Wildman–Crippen MR) is 68.2 cm³/mol. The van der Waals surface area contributed by atoms with E-state index in [1.165, 1.54) is 32.4 Å². The summed E-state index contributed by atoms with van der Waals surface area (Å²) in [6, 6.07) is 0.791. The second-order valence-corrected chi connectivity index (χ2v) is 4.53. The normalized spacial score (nSPS) is 18.8. The smallest absolute Gasteiger partial charge is 0.0113 e. The summed E-state index contributed by atoms with van der Waals surface area (Å²) in [6.07, 6.45) is 3.85. The van der Waals surface area contributed by atoms with Gasteiger partial charge in [-0.2, -0.15) is 0 Å². The van der Waals surface area contributed by atoms with E-state index < -0.39 is 0 Å². The Balaban J connectivity index is 0.000000583. The first kappa shape index (κ1) is 14.9. The van der Waals surface area contributed by atoms with E-state index >= 15 is 0 Å². The van der Waals surface area contributed by atoms with E-state index in [2.05, 4.69) is 37.7 Å². The number of hydrogen-bond acceptors (Lipinski definition) is 3. The number of nitrogens with two attached hydrogens (primary N) is 1. The molecule has 0 amide bonds. The molecule has 92 valence electrons. The fourth-order valence-electron chi connectivity index (χ4n) is 1.84. The van der Waals surface area contributed by atoms with E-state index in [0.717, 1.165) is 19.1 Å². The van der Waals surface area contributed by atoms with Gasteiger partial charge in [0.15, 0.2) is 0 Å². The van der Waals surface area contributed by atoms with Crippen LogP contribution in [0.3, 0.4) is 0 Å². The minimum absolute atomic E-state index is 0.791. The number of piperidine rings is 1. The monoisotopic (exact) mass is 215 g/mol. The summed E-state index contributed by atoms with van der Waals surface area (Å²) in [6.45, 7) is 8.56.